The van der Waals surface area contributed by atoms with Gasteiger partial charge in [-0.3, -0.25) is 4.98 Å². The first kappa shape index (κ1) is 14.2. The van der Waals surface area contributed by atoms with E-state index < -0.39 is 5.54 Å². The summed E-state index contributed by atoms with van der Waals surface area (Å²) in [6.45, 7) is 4.36. The summed E-state index contributed by atoms with van der Waals surface area (Å²) in [5.41, 5.74) is 8.14. The fourth-order valence-electron chi connectivity index (χ4n) is 2.95. The fourth-order valence-corrected chi connectivity index (χ4v) is 2.95. The Kier molecular flexibility index (Phi) is 3.76. The summed E-state index contributed by atoms with van der Waals surface area (Å²) in [6, 6.07) is 1.93. The van der Waals surface area contributed by atoms with Crippen molar-refractivity contribution in [1.82, 2.24) is 15.1 Å². The van der Waals surface area contributed by atoms with Gasteiger partial charge in [0.2, 0.25) is 11.7 Å². The molecule has 0 atom stereocenters. The third-order valence-electron chi connectivity index (χ3n) is 4.54. The highest BCUT2D eigenvalue weighted by Gasteiger charge is 2.37. The summed E-state index contributed by atoms with van der Waals surface area (Å²) in [7, 11) is 0. The van der Waals surface area contributed by atoms with Crippen molar-refractivity contribution >= 4 is 0 Å². The van der Waals surface area contributed by atoms with Crippen molar-refractivity contribution in [2.24, 2.45) is 11.7 Å². The molecule has 0 unspecified atom stereocenters. The van der Waals surface area contributed by atoms with Gasteiger partial charge in [0.05, 0.1) is 5.54 Å². The highest BCUT2D eigenvalue weighted by Crippen LogP contribution is 2.37. The smallest absolute Gasteiger partial charge is 0.247 e. The molecule has 2 aromatic rings. The molecule has 0 spiro atoms. The Labute approximate surface area is 125 Å². The topological polar surface area (TPSA) is 77.8 Å². The van der Waals surface area contributed by atoms with Crippen molar-refractivity contribution in [1.29, 1.82) is 0 Å². The zero-order chi connectivity index (χ0) is 14.9. The van der Waals surface area contributed by atoms with Gasteiger partial charge in [-0.1, -0.05) is 19.0 Å². The SMILES string of the molecule is CCc1cnccc1-c1noc(C2(N)CCC(C)CC2)n1. The van der Waals surface area contributed by atoms with Gasteiger partial charge in [-0.15, -0.1) is 0 Å². The van der Waals surface area contributed by atoms with Gasteiger partial charge in [-0.25, -0.2) is 0 Å². The summed E-state index contributed by atoms with van der Waals surface area (Å²) >= 11 is 0. The van der Waals surface area contributed by atoms with Crippen LogP contribution in [0.15, 0.2) is 23.0 Å². The van der Waals surface area contributed by atoms with Crippen molar-refractivity contribution in [2.45, 2.75) is 51.5 Å². The van der Waals surface area contributed by atoms with Gasteiger partial charge in [0.25, 0.3) is 0 Å². The molecule has 0 bridgehead atoms. The van der Waals surface area contributed by atoms with Gasteiger partial charge in [0.15, 0.2) is 0 Å². The van der Waals surface area contributed by atoms with E-state index in [9.17, 15) is 0 Å². The third kappa shape index (κ3) is 2.70. The van der Waals surface area contributed by atoms with Gasteiger partial charge >= 0.3 is 0 Å². The Hall–Kier alpha value is -1.75. The summed E-state index contributed by atoms with van der Waals surface area (Å²) in [5, 5.41) is 4.14. The van der Waals surface area contributed by atoms with Crippen molar-refractivity contribution in [3.05, 3.63) is 29.9 Å². The van der Waals surface area contributed by atoms with Crippen LogP contribution in [0.2, 0.25) is 0 Å². The summed E-state index contributed by atoms with van der Waals surface area (Å²) in [6.07, 6.45) is 8.54. The molecule has 3 rings (SSSR count). The van der Waals surface area contributed by atoms with E-state index >= 15 is 0 Å². The van der Waals surface area contributed by atoms with E-state index in [1.807, 2.05) is 12.3 Å². The lowest BCUT2D eigenvalue weighted by atomic mass is 9.78. The average Bonchev–Trinajstić information content (AvgIpc) is 3.01. The minimum Gasteiger partial charge on any atom is -0.337 e. The molecular formula is C16H22N4O. The second-order valence-corrected chi connectivity index (χ2v) is 6.15. The molecule has 21 heavy (non-hydrogen) atoms. The quantitative estimate of drug-likeness (QED) is 0.938. The molecule has 1 fully saturated rings. The van der Waals surface area contributed by atoms with Crippen LogP contribution in [0.25, 0.3) is 11.4 Å². The maximum Gasteiger partial charge on any atom is 0.247 e. The molecule has 0 radical (unpaired) electrons. The van der Waals surface area contributed by atoms with E-state index in [2.05, 4.69) is 29.0 Å². The highest BCUT2D eigenvalue weighted by atomic mass is 16.5. The number of pyridine rings is 1. The molecular weight excluding hydrogens is 264 g/mol. The first-order chi connectivity index (χ1) is 10.1. The van der Waals surface area contributed by atoms with Gasteiger partial charge in [-0.2, -0.15) is 4.98 Å². The Bertz CT molecular complexity index is 614. The van der Waals surface area contributed by atoms with Crippen LogP contribution < -0.4 is 5.73 Å². The highest BCUT2D eigenvalue weighted by molar-refractivity contribution is 5.58. The molecule has 5 nitrogen and oxygen atoms in total. The lowest BCUT2D eigenvalue weighted by molar-refractivity contribution is 0.190. The van der Waals surface area contributed by atoms with Crippen LogP contribution in [0.4, 0.5) is 0 Å². The number of aryl methyl sites for hydroxylation is 1. The molecule has 2 N–H and O–H groups in total. The van der Waals surface area contributed by atoms with Crippen molar-refractivity contribution < 1.29 is 4.52 Å². The second kappa shape index (κ2) is 5.56. The van der Waals surface area contributed by atoms with Crippen LogP contribution in [0.1, 0.15) is 51.0 Å². The lowest BCUT2D eigenvalue weighted by Crippen LogP contribution is -2.40. The van der Waals surface area contributed by atoms with Gasteiger partial charge in [-0.05, 0) is 49.7 Å². The van der Waals surface area contributed by atoms with E-state index in [-0.39, 0.29) is 0 Å². The largest absolute Gasteiger partial charge is 0.337 e. The molecule has 5 heteroatoms. The Morgan fingerprint density at radius 3 is 2.86 bits per heavy atom. The van der Waals surface area contributed by atoms with Crippen LogP contribution in [0, 0.1) is 5.92 Å². The summed E-state index contributed by atoms with van der Waals surface area (Å²) < 4.78 is 5.49. The predicted molar refractivity (Wildman–Crippen MR) is 80.4 cm³/mol. The van der Waals surface area contributed by atoms with E-state index in [1.165, 1.54) is 0 Å². The van der Waals surface area contributed by atoms with E-state index in [4.69, 9.17) is 10.3 Å². The number of rotatable bonds is 3. The number of nitrogens with two attached hydrogens (primary N) is 1. The van der Waals surface area contributed by atoms with Gasteiger partial charge < -0.3 is 10.3 Å². The van der Waals surface area contributed by atoms with Crippen LogP contribution in [-0.4, -0.2) is 15.1 Å². The van der Waals surface area contributed by atoms with E-state index in [0.29, 0.717) is 11.7 Å². The zero-order valence-electron chi connectivity index (χ0n) is 12.7. The second-order valence-electron chi connectivity index (χ2n) is 6.15. The molecule has 2 aromatic heterocycles. The molecule has 0 saturated heterocycles. The molecule has 0 amide bonds. The number of hydrogen-bond acceptors (Lipinski definition) is 5. The van der Waals surface area contributed by atoms with Crippen LogP contribution in [-0.2, 0) is 12.0 Å². The zero-order valence-corrected chi connectivity index (χ0v) is 12.7. The molecule has 0 aromatic carbocycles. The van der Waals surface area contributed by atoms with Crippen molar-refractivity contribution in [3.63, 3.8) is 0 Å². The first-order valence-electron chi connectivity index (χ1n) is 7.68. The normalized spacial score (nSPS) is 26.0. The summed E-state index contributed by atoms with van der Waals surface area (Å²) in [4.78, 5) is 8.73. The number of hydrogen-bond donors (Lipinski definition) is 1. The Balaban J connectivity index is 1.90. The minimum absolute atomic E-state index is 0.461. The van der Waals surface area contributed by atoms with E-state index in [1.54, 1.807) is 6.20 Å². The monoisotopic (exact) mass is 286 g/mol. The molecule has 112 valence electrons. The molecule has 1 aliphatic rings. The molecule has 2 heterocycles. The Morgan fingerprint density at radius 2 is 2.14 bits per heavy atom. The van der Waals surface area contributed by atoms with Crippen LogP contribution in [0.3, 0.4) is 0 Å². The van der Waals surface area contributed by atoms with Crippen LogP contribution in [0.5, 0.6) is 0 Å². The number of aromatic nitrogens is 3. The molecule has 1 saturated carbocycles. The average molecular weight is 286 g/mol. The first-order valence-corrected chi connectivity index (χ1v) is 7.68. The predicted octanol–water partition coefficient (Wildman–Crippen LogP) is 3.06. The minimum atomic E-state index is -0.461. The van der Waals surface area contributed by atoms with Crippen molar-refractivity contribution in [3.8, 4) is 11.4 Å². The van der Waals surface area contributed by atoms with Crippen molar-refractivity contribution in [2.75, 3.05) is 0 Å². The molecule has 0 aliphatic heterocycles. The fraction of sp³-hybridized carbons (Fsp3) is 0.562. The lowest BCUT2D eigenvalue weighted by Gasteiger charge is -2.32. The van der Waals surface area contributed by atoms with Gasteiger partial charge in [0, 0.05) is 18.0 Å². The Morgan fingerprint density at radius 1 is 1.38 bits per heavy atom. The summed E-state index contributed by atoms with van der Waals surface area (Å²) in [5.74, 6) is 1.92. The third-order valence-corrected chi connectivity index (χ3v) is 4.54. The molecule has 1 aliphatic carbocycles. The van der Waals surface area contributed by atoms with Crippen LogP contribution >= 0.6 is 0 Å². The van der Waals surface area contributed by atoms with Gasteiger partial charge in [0.1, 0.15) is 0 Å². The maximum atomic E-state index is 6.50. The number of nitrogens with zero attached hydrogens (tertiary/aromatic N) is 3. The maximum absolute atomic E-state index is 6.50. The van der Waals surface area contributed by atoms with E-state index in [0.717, 1.165) is 49.1 Å². The standard InChI is InChI=1S/C16H22N4O/c1-3-12-10-18-9-6-13(12)14-19-15(21-20-14)16(17)7-4-11(2)5-8-16/h6,9-11H,3-5,7-8,17H2,1-2H3.